The fraction of sp³-hybridized carbons (Fsp3) is 0.0476. The Balaban J connectivity index is 2.06. The number of ketones is 2. The van der Waals surface area contributed by atoms with Gasteiger partial charge in [-0.15, -0.1) is 0 Å². The van der Waals surface area contributed by atoms with E-state index >= 15 is 0 Å². The zero-order valence-electron chi connectivity index (χ0n) is 13.0. The van der Waals surface area contributed by atoms with Gasteiger partial charge in [0.1, 0.15) is 0 Å². The van der Waals surface area contributed by atoms with E-state index in [1.807, 2.05) is 37.3 Å². The highest BCUT2D eigenvalue weighted by molar-refractivity contribution is 9.10. The second-order valence-corrected chi connectivity index (χ2v) is 6.72. The molecule has 0 saturated heterocycles. The minimum atomic E-state index is -0.0917. The molecule has 0 radical (unpaired) electrons. The first-order valence-electron chi connectivity index (χ1n) is 7.66. The lowest BCUT2D eigenvalue weighted by Gasteiger charge is -2.21. The number of carbonyl (C=O) groups excluding carboxylic acids is 2. The number of hydrogen-bond acceptors (Lipinski definition) is 2. The molecule has 24 heavy (non-hydrogen) atoms. The molecule has 0 amide bonds. The summed E-state index contributed by atoms with van der Waals surface area (Å²) in [6.07, 6.45) is 0. The zero-order chi connectivity index (χ0) is 16.8. The van der Waals surface area contributed by atoms with E-state index in [9.17, 15) is 9.59 Å². The van der Waals surface area contributed by atoms with E-state index in [2.05, 4.69) is 15.9 Å². The van der Waals surface area contributed by atoms with Crippen molar-refractivity contribution in [1.82, 2.24) is 0 Å². The average Bonchev–Trinajstić information content (AvgIpc) is 2.59. The van der Waals surface area contributed by atoms with Crippen molar-refractivity contribution in [2.45, 2.75) is 6.92 Å². The molecule has 3 aromatic rings. The van der Waals surface area contributed by atoms with Gasteiger partial charge in [-0.25, -0.2) is 0 Å². The smallest absolute Gasteiger partial charge is 0.195 e. The van der Waals surface area contributed by atoms with Gasteiger partial charge in [0.2, 0.25) is 0 Å². The molecule has 4 rings (SSSR count). The van der Waals surface area contributed by atoms with Crippen LogP contribution in [-0.4, -0.2) is 11.6 Å². The van der Waals surface area contributed by atoms with Gasteiger partial charge in [-0.2, -0.15) is 0 Å². The third-order valence-corrected chi connectivity index (χ3v) is 5.10. The highest BCUT2D eigenvalue weighted by atomic mass is 79.9. The van der Waals surface area contributed by atoms with Gasteiger partial charge in [-0.3, -0.25) is 9.59 Å². The molecule has 0 heterocycles. The van der Waals surface area contributed by atoms with Crippen molar-refractivity contribution in [3.05, 3.63) is 93.0 Å². The molecule has 116 valence electrons. The number of halogens is 1. The molecule has 0 fully saturated rings. The molecule has 3 aromatic carbocycles. The number of aryl methyl sites for hydroxylation is 1. The van der Waals surface area contributed by atoms with Crippen LogP contribution in [0, 0.1) is 6.92 Å². The Morgan fingerprint density at radius 1 is 0.625 bits per heavy atom. The molecular weight excluding hydrogens is 364 g/mol. The summed E-state index contributed by atoms with van der Waals surface area (Å²) in [6.45, 7) is 2.00. The van der Waals surface area contributed by atoms with Crippen LogP contribution in [0.4, 0.5) is 0 Å². The van der Waals surface area contributed by atoms with Gasteiger partial charge in [0, 0.05) is 26.7 Å². The van der Waals surface area contributed by atoms with Crippen LogP contribution in [0.2, 0.25) is 0 Å². The van der Waals surface area contributed by atoms with Crippen molar-refractivity contribution < 1.29 is 9.59 Å². The van der Waals surface area contributed by atoms with Crippen LogP contribution in [0.5, 0.6) is 0 Å². The third kappa shape index (κ3) is 2.09. The third-order valence-electron chi connectivity index (χ3n) is 4.44. The quantitative estimate of drug-likeness (QED) is 0.457. The molecule has 0 aromatic heterocycles. The van der Waals surface area contributed by atoms with Crippen molar-refractivity contribution in [2.75, 3.05) is 0 Å². The molecule has 1 aliphatic carbocycles. The highest BCUT2D eigenvalue weighted by Gasteiger charge is 2.32. The lowest BCUT2D eigenvalue weighted by atomic mass is 9.80. The largest absolute Gasteiger partial charge is 0.289 e. The average molecular weight is 377 g/mol. The van der Waals surface area contributed by atoms with Crippen molar-refractivity contribution in [3.8, 4) is 11.1 Å². The molecule has 1 aliphatic rings. The lowest BCUT2D eigenvalue weighted by molar-refractivity contribution is 0.0979. The van der Waals surface area contributed by atoms with Crippen LogP contribution >= 0.6 is 15.9 Å². The summed E-state index contributed by atoms with van der Waals surface area (Å²) < 4.78 is 0.912. The van der Waals surface area contributed by atoms with E-state index < -0.39 is 0 Å². The van der Waals surface area contributed by atoms with Crippen LogP contribution in [0.3, 0.4) is 0 Å². The fourth-order valence-electron chi connectivity index (χ4n) is 3.33. The summed E-state index contributed by atoms with van der Waals surface area (Å²) in [5.41, 5.74) is 4.74. The molecule has 0 aliphatic heterocycles. The van der Waals surface area contributed by atoms with Gasteiger partial charge in [0.15, 0.2) is 11.6 Å². The monoisotopic (exact) mass is 376 g/mol. The Morgan fingerprint density at radius 3 is 1.92 bits per heavy atom. The van der Waals surface area contributed by atoms with Crippen molar-refractivity contribution >= 4 is 27.5 Å². The molecule has 0 bridgehead atoms. The Kier molecular flexibility index (Phi) is 3.47. The van der Waals surface area contributed by atoms with Crippen molar-refractivity contribution in [2.24, 2.45) is 0 Å². The van der Waals surface area contributed by atoms with Crippen LogP contribution < -0.4 is 0 Å². The fourth-order valence-corrected chi connectivity index (χ4v) is 4.01. The molecule has 0 N–H and O–H groups in total. The number of carbonyl (C=O) groups is 2. The number of fused-ring (bicyclic) bond motifs is 2. The second-order valence-electron chi connectivity index (χ2n) is 5.86. The van der Waals surface area contributed by atoms with Crippen molar-refractivity contribution in [1.29, 1.82) is 0 Å². The summed E-state index contributed by atoms with van der Waals surface area (Å²) in [5.74, 6) is -0.183. The summed E-state index contributed by atoms with van der Waals surface area (Å²) in [7, 11) is 0. The van der Waals surface area contributed by atoms with E-state index in [-0.39, 0.29) is 11.6 Å². The molecule has 3 heteroatoms. The van der Waals surface area contributed by atoms with Crippen LogP contribution in [0.25, 0.3) is 11.1 Å². The Bertz CT molecular complexity index is 998. The molecule has 0 spiro atoms. The van der Waals surface area contributed by atoms with Gasteiger partial charge in [-0.05, 0) is 29.7 Å². The van der Waals surface area contributed by atoms with Gasteiger partial charge >= 0.3 is 0 Å². The zero-order valence-corrected chi connectivity index (χ0v) is 14.6. The number of hydrogen-bond donors (Lipinski definition) is 0. The first kappa shape index (κ1) is 15.0. The Morgan fingerprint density at radius 2 is 1.21 bits per heavy atom. The van der Waals surface area contributed by atoms with Crippen LogP contribution in [0.15, 0.2) is 65.1 Å². The lowest BCUT2D eigenvalue weighted by Crippen LogP contribution is -2.21. The topological polar surface area (TPSA) is 34.1 Å². The van der Waals surface area contributed by atoms with Gasteiger partial charge in [0.05, 0.1) is 0 Å². The standard InChI is InChI=1S/C21H13BrO2/c1-12-6-4-11-17(22)18(12)15-9-5-10-16-19(15)21(24)14-8-3-2-7-13(14)20(16)23/h2-11H,1H3. The summed E-state index contributed by atoms with van der Waals surface area (Å²) in [6, 6.07) is 18.4. The normalized spacial score (nSPS) is 12.8. The molecule has 0 unspecified atom stereocenters. The first-order valence-corrected chi connectivity index (χ1v) is 8.46. The molecule has 0 atom stereocenters. The van der Waals surface area contributed by atoms with Crippen LogP contribution in [-0.2, 0) is 0 Å². The van der Waals surface area contributed by atoms with E-state index in [4.69, 9.17) is 0 Å². The first-order chi connectivity index (χ1) is 11.6. The maximum Gasteiger partial charge on any atom is 0.195 e. The van der Waals surface area contributed by atoms with Crippen LogP contribution in [0.1, 0.15) is 37.4 Å². The second kappa shape index (κ2) is 5.53. The number of rotatable bonds is 1. The maximum absolute atomic E-state index is 13.1. The highest BCUT2D eigenvalue weighted by Crippen LogP contribution is 2.38. The maximum atomic E-state index is 13.1. The van der Waals surface area contributed by atoms with Crippen molar-refractivity contribution in [3.63, 3.8) is 0 Å². The molecule has 0 saturated carbocycles. The van der Waals surface area contributed by atoms with Gasteiger partial charge in [-0.1, -0.05) is 70.5 Å². The Labute approximate surface area is 148 Å². The minimum Gasteiger partial charge on any atom is -0.289 e. The summed E-state index contributed by atoms with van der Waals surface area (Å²) in [4.78, 5) is 25.9. The molecule has 2 nitrogen and oxygen atoms in total. The van der Waals surface area contributed by atoms with E-state index in [1.54, 1.807) is 30.3 Å². The van der Waals surface area contributed by atoms with Gasteiger partial charge in [0.25, 0.3) is 0 Å². The van der Waals surface area contributed by atoms with E-state index in [0.717, 1.165) is 21.2 Å². The predicted molar refractivity (Wildman–Crippen MR) is 97.6 cm³/mol. The van der Waals surface area contributed by atoms with E-state index in [1.165, 1.54) is 0 Å². The summed E-state index contributed by atoms with van der Waals surface area (Å²) in [5, 5.41) is 0. The molecular formula is C21H13BrO2. The SMILES string of the molecule is Cc1cccc(Br)c1-c1cccc2c1C(=O)c1ccccc1C2=O. The predicted octanol–water partition coefficient (Wildman–Crippen LogP) is 5.20. The Hall–Kier alpha value is -2.52. The minimum absolute atomic E-state index is 0.0910. The number of benzene rings is 3. The van der Waals surface area contributed by atoms with Gasteiger partial charge < -0.3 is 0 Å². The van der Waals surface area contributed by atoms with E-state index in [0.29, 0.717) is 22.3 Å². The summed E-state index contributed by atoms with van der Waals surface area (Å²) >= 11 is 3.58.